The molecule has 0 fully saturated rings. The van der Waals surface area contributed by atoms with Gasteiger partial charge in [0.2, 0.25) is 10.0 Å². The first-order valence-corrected chi connectivity index (χ1v) is 10.7. The van der Waals surface area contributed by atoms with Crippen LogP contribution in [-0.2, 0) is 16.4 Å². The summed E-state index contributed by atoms with van der Waals surface area (Å²) in [4.78, 5) is 0.0737. The topological polar surface area (TPSA) is 84.1 Å². The number of ether oxygens (including phenoxy) is 1. The number of sulfonamides is 1. The number of benzene rings is 2. The monoisotopic (exact) mass is 437 g/mol. The second-order valence-corrected chi connectivity index (χ2v) is 8.68. The lowest BCUT2D eigenvalue weighted by molar-refractivity contribution is -0.274. The van der Waals surface area contributed by atoms with Gasteiger partial charge in [0.05, 0.1) is 17.1 Å². The van der Waals surface area contributed by atoms with Crippen LogP contribution in [0.4, 0.5) is 13.2 Å². The third-order valence-electron chi connectivity index (χ3n) is 4.91. The van der Waals surface area contributed by atoms with Crippen LogP contribution in [0.1, 0.15) is 30.1 Å². The molecule has 1 unspecified atom stereocenters. The number of aryl methyl sites for hydroxylation is 1. The minimum Gasteiger partial charge on any atom is -0.406 e. The molecule has 2 N–H and O–H groups in total. The highest BCUT2D eigenvalue weighted by Gasteiger charge is 2.31. The molecule has 6 nitrogen and oxygen atoms in total. The number of hydrogen-bond acceptors (Lipinski definition) is 4. The van der Waals surface area contributed by atoms with Gasteiger partial charge in [-0.2, -0.15) is 5.10 Å². The van der Waals surface area contributed by atoms with Crippen LogP contribution in [-0.4, -0.2) is 25.0 Å². The fourth-order valence-corrected chi connectivity index (χ4v) is 4.79. The maximum absolute atomic E-state index is 12.8. The van der Waals surface area contributed by atoms with Crippen molar-refractivity contribution >= 4 is 10.0 Å². The van der Waals surface area contributed by atoms with E-state index in [0.29, 0.717) is 17.5 Å². The summed E-state index contributed by atoms with van der Waals surface area (Å²) in [6, 6.07) is 11.1. The Morgan fingerprint density at radius 3 is 2.60 bits per heavy atom. The number of nitrogens with zero attached hydrogens (tertiary/aromatic N) is 1. The summed E-state index contributed by atoms with van der Waals surface area (Å²) in [7, 11) is -3.78. The number of fused-ring (bicyclic) bond motifs is 1. The molecule has 10 heteroatoms. The molecule has 0 saturated carbocycles. The lowest BCUT2D eigenvalue weighted by Crippen LogP contribution is -2.30. The molecular weight excluding hydrogens is 419 g/mol. The maximum Gasteiger partial charge on any atom is 0.573 e. The van der Waals surface area contributed by atoms with Crippen molar-refractivity contribution in [2.24, 2.45) is 0 Å². The average Bonchev–Trinajstić information content (AvgIpc) is 3.17. The van der Waals surface area contributed by atoms with Gasteiger partial charge in [-0.1, -0.05) is 24.3 Å². The van der Waals surface area contributed by atoms with Crippen molar-refractivity contribution in [3.63, 3.8) is 0 Å². The predicted octanol–water partition coefficient (Wildman–Crippen LogP) is 4.33. The van der Waals surface area contributed by atoms with Crippen LogP contribution in [0.2, 0.25) is 0 Å². The van der Waals surface area contributed by atoms with Crippen LogP contribution < -0.4 is 9.46 Å². The molecule has 1 atom stereocenters. The molecule has 158 valence electrons. The largest absolute Gasteiger partial charge is 0.573 e. The smallest absolute Gasteiger partial charge is 0.406 e. The fourth-order valence-electron chi connectivity index (χ4n) is 3.54. The Morgan fingerprint density at radius 2 is 1.87 bits per heavy atom. The van der Waals surface area contributed by atoms with E-state index >= 15 is 0 Å². The van der Waals surface area contributed by atoms with Crippen molar-refractivity contribution in [1.29, 1.82) is 0 Å². The van der Waals surface area contributed by atoms with Crippen LogP contribution in [0.3, 0.4) is 0 Å². The summed E-state index contributed by atoms with van der Waals surface area (Å²) in [6.45, 7) is 0. The van der Waals surface area contributed by atoms with Gasteiger partial charge in [0.15, 0.2) is 0 Å². The lowest BCUT2D eigenvalue weighted by Gasteiger charge is -2.22. The molecule has 4 rings (SSSR count). The van der Waals surface area contributed by atoms with Crippen molar-refractivity contribution in [1.82, 2.24) is 14.9 Å². The molecule has 0 aliphatic heterocycles. The lowest BCUT2D eigenvalue weighted by atomic mass is 9.94. The van der Waals surface area contributed by atoms with E-state index in [-0.39, 0.29) is 16.7 Å². The van der Waals surface area contributed by atoms with Crippen molar-refractivity contribution in [3.8, 4) is 16.9 Å². The van der Waals surface area contributed by atoms with Gasteiger partial charge in [-0.3, -0.25) is 5.10 Å². The van der Waals surface area contributed by atoms with Gasteiger partial charge in [0.25, 0.3) is 0 Å². The molecule has 1 aromatic heterocycles. The highest BCUT2D eigenvalue weighted by molar-refractivity contribution is 7.89. The summed E-state index contributed by atoms with van der Waals surface area (Å²) < 4.78 is 69.5. The number of alkyl halides is 3. The van der Waals surface area contributed by atoms with Crippen molar-refractivity contribution in [2.45, 2.75) is 36.6 Å². The van der Waals surface area contributed by atoms with Crippen LogP contribution in [0, 0.1) is 0 Å². The summed E-state index contributed by atoms with van der Waals surface area (Å²) >= 11 is 0. The van der Waals surface area contributed by atoms with E-state index in [9.17, 15) is 21.6 Å². The highest BCUT2D eigenvalue weighted by atomic mass is 32.2. The molecule has 1 aliphatic rings. The van der Waals surface area contributed by atoms with Crippen molar-refractivity contribution in [3.05, 3.63) is 66.0 Å². The van der Waals surface area contributed by atoms with Crippen LogP contribution in [0.5, 0.6) is 5.75 Å². The normalized spacial score (nSPS) is 16.8. The van der Waals surface area contributed by atoms with E-state index in [2.05, 4.69) is 19.7 Å². The maximum atomic E-state index is 12.8. The van der Waals surface area contributed by atoms with Gasteiger partial charge in [-0.25, -0.2) is 13.1 Å². The zero-order valence-electron chi connectivity index (χ0n) is 15.6. The first kappa shape index (κ1) is 20.4. The Labute approximate surface area is 171 Å². The molecule has 1 aliphatic carbocycles. The predicted molar refractivity (Wildman–Crippen MR) is 103 cm³/mol. The minimum atomic E-state index is -4.78. The first-order chi connectivity index (χ1) is 14.2. The summed E-state index contributed by atoms with van der Waals surface area (Å²) in [5.41, 5.74) is 2.83. The summed E-state index contributed by atoms with van der Waals surface area (Å²) in [5.74, 6) is -0.341. The molecule has 2 aromatic carbocycles. The molecule has 0 radical (unpaired) electrons. The van der Waals surface area contributed by atoms with Crippen molar-refractivity contribution in [2.75, 3.05) is 0 Å². The van der Waals surface area contributed by atoms with Crippen molar-refractivity contribution < 1.29 is 26.3 Å². The fraction of sp³-hybridized carbons (Fsp3) is 0.250. The number of rotatable bonds is 5. The van der Waals surface area contributed by atoms with Gasteiger partial charge < -0.3 is 4.74 Å². The number of aromatic nitrogens is 2. The Hall–Kier alpha value is -2.85. The standard InChI is InChI=1S/C20H18F3N3O3S/c21-20(22,23)29-15-4-1-3-14(11-15)13-7-9-16(10-8-13)30(27,28)26-19-6-2-5-18-17(19)12-24-25-18/h1,3-4,7-12,19,26H,2,5-6H2,(H,24,25). The molecule has 0 saturated heterocycles. The van der Waals surface area contributed by atoms with Gasteiger partial charge in [-0.05, 0) is 54.7 Å². The van der Waals surface area contributed by atoms with Crippen LogP contribution in [0.25, 0.3) is 11.1 Å². The molecule has 0 spiro atoms. The first-order valence-electron chi connectivity index (χ1n) is 9.22. The second kappa shape index (κ2) is 7.77. The Balaban J connectivity index is 1.53. The minimum absolute atomic E-state index is 0.0737. The SMILES string of the molecule is O=S(=O)(NC1CCCc2[nH]ncc21)c1ccc(-c2cccc(OC(F)(F)F)c2)cc1. The highest BCUT2D eigenvalue weighted by Crippen LogP contribution is 2.31. The molecule has 1 heterocycles. The average molecular weight is 437 g/mol. The Bertz CT molecular complexity index is 1140. The van der Waals surface area contributed by atoms with E-state index in [0.717, 1.165) is 24.1 Å². The molecular formula is C20H18F3N3O3S. The van der Waals surface area contributed by atoms with E-state index in [1.165, 1.54) is 30.3 Å². The molecule has 0 bridgehead atoms. The zero-order chi connectivity index (χ0) is 21.4. The third kappa shape index (κ3) is 4.49. The van der Waals surface area contributed by atoms with Crippen LogP contribution >= 0.6 is 0 Å². The van der Waals surface area contributed by atoms with E-state index < -0.39 is 16.4 Å². The summed E-state index contributed by atoms with van der Waals surface area (Å²) in [6.07, 6.45) is -0.788. The van der Waals surface area contributed by atoms with Crippen LogP contribution in [0.15, 0.2) is 59.6 Å². The van der Waals surface area contributed by atoms with Gasteiger partial charge in [-0.15, -0.1) is 13.2 Å². The zero-order valence-corrected chi connectivity index (χ0v) is 16.4. The number of aromatic amines is 1. The number of H-pyrrole nitrogens is 1. The molecule has 30 heavy (non-hydrogen) atoms. The van der Waals surface area contributed by atoms with E-state index in [1.807, 2.05) is 0 Å². The summed E-state index contributed by atoms with van der Waals surface area (Å²) in [5, 5.41) is 6.88. The van der Waals surface area contributed by atoms with E-state index in [1.54, 1.807) is 24.4 Å². The quantitative estimate of drug-likeness (QED) is 0.622. The number of nitrogens with one attached hydrogen (secondary N) is 2. The van der Waals surface area contributed by atoms with E-state index in [4.69, 9.17) is 0 Å². The van der Waals surface area contributed by atoms with Gasteiger partial charge in [0, 0.05) is 11.3 Å². The number of hydrogen-bond donors (Lipinski definition) is 2. The second-order valence-electron chi connectivity index (χ2n) is 6.97. The third-order valence-corrected chi connectivity index (χ3v) is 6.40. The Kier molecular flexibility index (Phi) is 5.29. The van der Waals surface area contributed by atoms with Gasteiger partial charge in [0.1, 0.15) is 5.75 Å². The number of halogens is 3. The Morgan fingerprint density at radius 1 is 1.10 bits per heavy atom. The molecule has 0 amide bonds. The van der Waals surface area contributed by atoms with Gasteiger partial charge >= 0.3 is 6.36 Å². The molecule has 3 aromatic rings.